The van der Waals surface area contributed by atoms with Gasteiger partial charge in [-0.1, -0.05) is 128 Å². The molecule has 0 aliphatic rings. The molecule has 0 aromatic heterocycles. The highest BCUT2D eigenvalue weighted by molar-refractivity contribution is 5.69. The van der Waals surface area contributed by atoms with Crippen molar-refractivity contribution < 1.29 is 19.1 Å². The van der Waals surface area contributed by atoms with Gasteiger partial charge in [0.1, 0.15) is 13.2 Å². The van der Waals surface area contributed by atoms with E-state index in [9.17, 15) is 9.59 Å². The van der Waals surface area contributed by atoms with E-state index in [4.69, 9.17) is 15.2 Å². The number of esters is 2. The van der Waals surface area contributed by atoms with Gasteiger partial charge in [-0.05, 0) is 51.4 Å². The molecule has 234 valence electrons. The lowest BCUT2D eigenvalue weighted by Gasteiger charge is -2.11. The summed E-state index contributed by atoms with van der Waals surface area (Å²) < 4.78 is 10.6. The second-order valence-electron chi connectivity index (χ2n) is 11.4. The van der Waals surface area contributed by atoms with Gasteiger partial charge in [-0.15, -0.1) is 0 Å². The molecule has 0 saturated carbocycles. The number of carbonyl (C=O) groups is 2. The van der Waals surface area contributed by atoms with Crippen LogP contribution in [0, 0.1) is 0 Å². The summed E-state index contributed by atoms with van der Waals surface area (Å²) in [6.07, 6.45) is 34.8. The van der Waals surface area contributed by atoms with E-state index in [2.05, 4.69) is 26.0 Å². The second-order valence-corrected chi connectivity index (χ2v) is 11.4. The number of allylic oxidation sites excluding steroid dienone is 2. The Bertz CT molecular complexity index is 565. The largest absolute Gasteiger partial charge is 0.461 e. The molecule has 0 rings (SSSR count). The summed E-state index contributed by atoms with van der Waals surface area (Å²) in [5.74, 6) is -0.201. The Morgan fingerprint density at radius 1 is 0.525 bits per heavy atom. The van der Waals surface area contributed by atoms with Crippen LogP contribution in [0.3, 0.4) is 0 Å². The van der Waals surface area contributed by atoms with Crippen LogP contribution >= 0.6 is 0 Å². The quantitative estimate of drug-likeness (QED) is 0.0534. The minimum atomic E-state index is -0.101. The van der Waals surface area contributed by atoms with E-state index >= 15 is 0 Å². The SMILES string of the molecule is CCCCCCCC/C=C\COC(=O)CCCCCC(N)CCCCCC(=O)OC/C=C\CCCCCCCC. The summed E-state index contributed by atoms with van der Waals surface area (Å²) in [4.78, 5) is 23.7. The highest BCUT2D eigenvalue weighted by Crippen LogP contribution is 2.12. The Labute approximate surface area is 248 Å². The molecular weight excluding hydrogens is 498 g/mol. The van der Waals surface area contributed by atoms with Crippen LogP contribution in [0.1, 0.15) is 168 Å². The van der Waals surface area contributed by atoms with Crippen LogP contribution in [0.5, 0.6) is 0 Å². The highest BCUT2D eigenvalue weighted by atomic mass is 16.5. The van der Waals surface area contributed by atoms with E-state index in [0.717, 1.165) is 64.2 Å². The van der Waals surface area contributed by atoms with Crippen molar-refractivity contribution in [1.82, 2.24) is 0 Å². The number of carbonyl (C=O) groups excluding carboxylic acids is 2. The minimum absolute atomic E-state index is 0.101. The van der Waals surface area contributed by atoms with Crippen LogP contribution in [0.25, 0.3) is 0 Å². The first-order valence-electron chi connectivity index (χ1n) is 17.0. The van der Waals surface area contributed by atoms with E-state index in [0.29, 0.717) is 26.1 Å². The van der Waals surface area contributed by atoms with Crippen molar-refractivity contribution in [2.24, 2.45) is 5.73 Å². The first-order chi connectivity index (χ1) is 19.6. The van der Waals surface area contributed by atoms with Gasteiger partial charge in [0, 0.05) is 18.9 Å². The fraction of sp³-hybridized carbons (Fsp3) is 0.829. The summed E-state index contributed by atoms with van der Waals surface area (Å²) in [5, 5.41) is 0. The number of hydrogen-bond donors (Lipinski definition) is 1. The maximum Gasteiger partial charge on any atom is 0.306 e. The third-order valence-corrected chi connectivity index (χ3v) is 7.37. The van der Waals surface area contributed by atoms with Gasteiger partial charge in [0.05, 0.1) is 0 Å². The smallest absolute Gasteiger partial charge is 0.306 e. The molecule has 0 aliphatic carbocycles. The lowest BCUT2D eigenvalue weighted by atomic mass is 10.0. The average molecular weight is 564 g/mol. The topological polar surface area (TPSA) is 78.6 Å². The van der Waals surface area contributed by atoms with Crippen LogP contribution in [0.15, 0.2) is 24.3 Å². The molecule has 40 heavy (non-hydrogen) atoms. The molecule has 2 N–H and O–H groups in total. The predicted molar refractivity (Wildman–Crippen MR) is 170 cm³/mol. The standard InChI is InChI=1S/C35H65NO4/c1-3-5-7-9-11-13-15-17-25-31-39-34(37)29-23-19-21-27-33(36)28-22-20-24-30-35(38)40-32-26-18-16-14-12-10-8-6-4-2/h17-18,25-26,33H,3-16,19-24,27-32,36H2,1-2H3/b25-17-,26-18-. The zero-order chi connectivity index (χ0) is 29.4. The number of rotatable bonds is 30. The molecule has 0 aliphatic heterocycles. The average Bonchev–Trinajstić information content (AvgIpc) is 2.94. The molecular formula is C35H65NO4. The second kappa shape index (κ2) is 31.9. The van der Waals surface area contributed by atoms with E-state index in [1.54, 1.807) is 0 Å². The van der Waals surface area contributed by atoms with Gasteiger partial charge in [0.25, 0.3) is 0 Å². The molecule has 0 atom stereocenters. The fourth-order valence-corrected chi connectivity index (χ4v) is 4.73. The predicted octanol–water partition coefficient (Wildman–Crippen LogP) is 9.91. The first kappa shape index (κ1) is 38.4. The molecule has 0 fully saturated rings. The molecule has 0 aromatic carbocycles. The Kier molecular flexibility index (Phi) is 30.6. The van der Waals surface area contributed by atoms with Crippen LogP contribution in [-0.4, -0.2) is 31.2 Å². The molecule has 0 radical (unpaired) electrons. The molecule has 0 amide bonds. The Morgan fingerprint density at radius 3 is 1.32 bits per heavy atom. The van der Waals surface area contributed by atoms with Gasteiger partial charge in [0.2, 0.25) is 0 Å². The maximum absolute atomic E-state index is 11.9. The molecule has 0 heterocycles. The number of ether oxygens (including phenoxy) is 2. The number of hydrogen-bond acceptors (Lipinski definition) is 5. The Hall–Kier alpha value is -1.62. The van der Waals surface area contributed by atoms with Crippen LogP contribution in [-0.2, 0) is 19.1 Å². The molecule has 0 spiro atoms. The third kappa shape index (κ3) is 30.9. The Morgan fingerprint density at radius 2 is 0.900 bits per heavy atom. The van der Waals surface area contributed by atoms with E-state index in [-0.39, 0.29) is 18.0 Å². The summed E-state index contributed by atoms with van der Waals surface area (Å²) >= 11 is 0. The monoisotopic (exact) mass is 563 g/mol. The maximum atomic E-state index is 11.9. The third-order valence-electron chi connectivity index (χ3n) is 7.37. The van der Waals surface area contributed by atoms with Gasteiger partial charge >= 0.3 is 11.9 Å². The lowest BCUT2D eigenvalue weighted by Crippen LogP contribution is -2.19. The van der Waals surface area contributed by atoms with Crippen molar-refractivity contribution in [3.63, 3.8) is 0 Å². The zero-order valence-electron chi connectivity index (χ0n) is 26.5. The summed E-state index contributed by atoms with van der Waals surface area (Å²) in [6, 6.07) is 0.201. The molecule has 0 bridgehead atoms. The van der Waals surface area contributed by atoms with Crippen molar-refractivity contribution in [2.75, 3.05) is 13.2 Å². The summed E-state index contributed by atoms with van der Waals surface area (Å²) in [5.41, 5.74) is 6.25. The van der Waals surface area contributed by atoms with Gasteiger partial charge < -0.3 is 15.2 Å². The molecule has 5 nitrogen and oxygen atoms in total. The van der Waals surface area contributed by atoms with Crippen molar-refractivity contribution in [2.45, 2.75) is 174 Å². The number of unbranched alkanes of at least 4 members (excludes halogenated alkanes) is 16. The van der Waals surface area contributed by atoms with Crippen LogP contribution < -0.4 is 5.73 Å². The summed E-state index contributed by atoms with van der Waals surface area (Å²) in [7, 11) is 0. The van der Waals surface area contributed by atoms with Crippen molar-refractivity contribution in [3.05, 3.63) is 24.3 Å². The van der Waals surface area contributed by atoms with E-state index < -0.39 is 0 Å². The van der Waals surface area contributed by atoms with Gasteiger partial charge in [-0.2, -0.15) is 0 Å². The van der Waals surface area contributed by atoms with Crippen molar-refractivity contribution in [3.8, 4) is 0 Å². The fourth-order valence-electron chi connectivity index (χ4n) is 4.73. The minimum Gasteiger partial charge on any atom is -0.461 e. The van der Waals surface area contributed by atoms with Gasteiger partial charge in [-0.25, -0.2) is 0 Å². The van der Waals surface area contributed by atoms with Gasteiger partial charge in [0.15, 0.2) is 0 Å². The number of nitrogens with two attached hydrogens (primary N) is 1. The van der Waals surface area contributed by atoms with E-state index in [1.165, 1.54) is 77.0 Å². The first-order valence-corrected chi connectivity index (χ1v) is 17.0. The lowest BCUT2D eigenvalue weighted by molar-refractivity contribution is -0.143. The Balaban J connectivity index is 3.45. The van der Waals surface area contributed by atoms with Crippen molar-refractivity contribution in [1.29, 1.82) is 0 Å². The molecule has 5 heteroatoms. The molecule has 0 saturated heterocycles. The van der Waals surface area contributed by atoms with Gasteiger partial charge in [-0.3, -0.25) is 9.59 Å². The van der Waals surface area contributed by atoms with Crippen LogP contribution in [0.2, 0.25) is 0 Å². The molecule has 0 unspecified atom stereocenters. The normalized spacial score (nSPS) is 11.7. The van der Waals surface area contributed by atoms with Crippen molar-refractivity contribution >= 4 is 11.9 Å². The molecule has 0 aromatic rings. The van der Waals surface area contributed by atoms with E-state index in [1.807, 2.05) is 12.2 Å². The highest BCUT2D eigenvalue weighted by Gasteiger charge is 2.06. The zero-order valence-corrected chi connectivity index (χ0v) is 26.5. The summed E-state index contributed by atoms with van der Waals surface area (Å²) in [6.45, 7) is 5.27. The van der Waals surface area contributed by atoms with Crippen LogP contribution in [0.4, 0.5) is 0 Å².